The SMILES string of the molecule is CC[N+](CC)=c1ccc2c(-c3ccccc3C(=O)N3CCN(C(=O)CCC([O-])=Nc4ccc(C)cc4)CC3)c3ccc([NH+](CC)CC)cc3oc-2c1. The number of fused-ring (bicyclic) bond motifs is 2. The second-order valence-electron chi connectivity index (χ2n) is 13.4. The third-order valence-electron chi connectivity index (χ3n) is 10.3. The Balaban J connectivity index is 1.28. The second-order valence-corrected chi connectivity index (χ2v) is 13.4. The normalized spacial score (nSPS) is 13.7. The largest absolute Gasteiger partial charge is 0.862 e. The number of hydrogen-bond acceptors (Lipinski definition) is 5. The van der Waals surface area contributed by atoms with Crippen LogP contribution in [0.1, 0.15) is 56.5 Å². The summed E-state index contributed by atoms with van der Waals surface area (Å²) in [6.45, 7) is 16.0. The van der Waals surface area contributed by atoms with Crippen molar-refractivity contribution in [1.29, 1.82) is 0 Å². The molecule has 0 spiro atoms. The Kier molecular flexibility index (Phi) is 11.5. The van der Waals surface area contributed by atoms with Crippen LogP contribution in [0.3, 0.4) is 0 Å². The van der Waals surface area contributed by atoms with Crippen LogP contribution in [0.25, 0.3) is 33.4 Å². The summed E-state index contributed by atoms with van der Waals surface area (Å²) in [7, 11) is 0. The van der Waals surface area contributed by atoms with E-state index in [1.807, 2.05) is 48.2 Å². The maximum atomic E-state index is 14.3. The molecule has 2 heterocycles. The zero-order chi connectivity index (χ0) is 36.8. The van der Waals surface area contributed by atoms with E-state index in [2.05, 4.69) is 73.7 Å². The molecule has 9 heteroatoms. The number of carbonyl (C=O) groups is 2. The zero-order valence-corrected chi connectivity index (χ0v) is 31.1. The van der Waals surface area contributed by atoms with E-state index >= 15 is 0 Å². The van der Waals surface area contributed by atoms with Gasteiger partial charge in [0.1, 0.15) is 30.1 Å². The summed E-state index contributed by atoms with van der Waals surface area (Å²) < 4.78 is 8.99. The third kappa shape index (κ3) is 7.79. The van der Waals surface area contributed by atoms with E-state index in [1.54, 1.807) is 17.0 Å². The lowest BCUT2D eigenvalue weighted by atomic mass is 9.90. The molecule has 1 fully saturated rings. The molecular weight excluding hydrogens is 651 g/mol. The highest BCUT2D eigenvalue weighted by Crippen LogP contribution is 2.41. The molecule has 6 rings (SSSR count). The number of nitrogens with zero attached hydrogens (tertiary/aromatic N) is 4. The Morgan fingerprint density at radius 3 is 2.19 bits per heavy atom. The second kappa shape index (κ2) is 16.4. The first-order valence-electron chi connectivity index (χ1n) is 18.7. The molecule has 0 aromatic heterocycles. The lowest BCUT2D eigenvalue weighted by Gasteiger charge is -2.35. The standard InChI is InChI=1S/C43H49N5O4/c1-6-45(7-2)32-18-20-36-38(28-32)52-39-29-33(46(8-3)9-4)19-21-37(39)42(36)34-12-10-11-13-35(34)43(51)48-26-24-47(25-27-48)41(50)23-22-40(49)44-31-16-14-30(5)15-17-31/h10-21,28-29H,6-9,22-27H2,1-5H3/p+1. The average Bonchev–Trinajstić information content (AvgIpc) is 3.17. The molecule has 0 radical (unpaired) electrons. The van der Waals surface area contributed by atoms with E-state index in [-0.39, 0.29) is 30.6 Å². The molecule has 3 aromatic carbocycles. The van der Waals surface area contributed by atoms with Crippen LogP contribution in [-0.2, 0) is 4.79 Å². The summed E-state index contributed by atoms with van der Waals surface area (Å²) in [5.74, 6) is 0.297. The molecule has 52 heavy (non-hydrogen) atoms. The van der Waals surface area contributed by atoms with Crippen LogP contribution in [0.5, 0.6) is 0 Å². The van der Waals surface area contributed by atoms with Crippen molar-refractivity contribution in [3.8, 4) is 22.5 Å². The van der Waals surface area contributed by atoms with Gasteiger partial charge in [-0.25, -0.2) is 4.58 Å². The molecular formula is C43H50N5O4+. The van der Waals surface area contributed by atoms with Gasteiger partial charge in [0.25, 0.3) is 5.91 Å². The fraction of sp³-hybridized carbons (Fsp3) is 0.349. The lowest BCUT2D eigenvalue weighted by Crippen LogP contribution is -3.06. The fourth-order valence-electron chi connectivity index (χ4n) is 7.24. The number of rotatable bonds is 11. The molecule has 1 saturated heterocycles. The molecule has 0 unspecified atom stereocenters. The third-order valence-corrected chi connectivity index (χ3v) is 10.3. The molecule has 0 atom stereocenters. The number of quaternary nitrogens is 1. The molecule has 2 aliphatic heterocycles. The lowest BCUT2D eigenvalue weighted by molar-refractivity contribution is -0.828. The number of nitrogens with one attached hydrogen (secondary N) is 1. The Bertz CT molecular complexity index is 2120. The molecule has 270 valence electrons. The summed E-state index contributed by atoms with van der Waals surface area (Å²) in [4.78, 5) is 36.5. The minimum absolute atomic E-state index is 0.0542. The number of amides is 2. The molecule has 9 nitrogen and oxygen atoms in total. The van der Waals surface area contributed by atoms with Gasteiger partial charge in [-0.2, -0.15) is 0 Å². The van der Waals surface area contributed by atoms with E-state index in [0.717, 1.165) is 70.5 Å². The van der Waals surface area contributed by atoms with Gasteiger partial charge in [0.2, 0.25) is 11.3 Å². The number of carbonyl (C=O) groups excluding carboxylic acids is 2. The number of piperazine rings is 1. The highest BCUT2D eigenvalue weighted by molar-refractivity contribution is 6.09. The summed E-state index contributed by atoms with van der Waals surface area (Å²) >= 11 is 0. The quantitative estimate of drug-likeness (QED) is 0.0905. The number of aryl methyl sites for hydroxylation is 1. The van der Waals surface area contributed by atoms with Crippen molar-refractivity contribution in [1.82, 2.24) is 14.4 Å². The van der Waals surface area contributed by atoms with Gasteiger partial charge in [0, 0.05) is 66.8 Å². The van der Waals surface area contributed by atoms with Crippen LogP contribution in [0.15, 0.2) is 94.3 Å². The van der Waals surface area contributed by atoms with Gasteiger partial charge in [0.05, 0.1) is 24.8 Å². The van der Waals surface area contributed by atoms with E-state index in [0.29, 0.717) is 37.4 Å². The van der Waals surface area contributed by atoms with Gasteiger partial charge in [0.15, 0.2) is 0 Å². The van der Waals surface area contributed by atoms with Gasteiger partial charge in [-0.15, -0.1) is 0 Å². The van der Waals surface area contributed by atoms with Crippen molar-refractivity contribution >= 4 is 40.1 Å². The predicted octanol–water partition coefficient (Wildman–Crippen LogP) is 5.04. The average molecular weight is 701 g/mol. The molecule has 1 N–H and O–H groups in total. The van der Waals surface area contributed by atoms with E-state index < -0.39 is 0 Å². The fourth-order valence-corrected chi connectivity index (χ4v) is 7.24. The molecule has 3 aromatic rings. The van der Waals surface area contributed by atoms with Crippen molar-refractivity contribution in [3.63, 3.8) is 0 Å². The maximum Gasteiger partial charge on any atom is 0.254 e. The van der Waals surface area contributed by atoms with Crippen molar-refractivity contribution in [2.45, 2.75) is 47.5 Å². The summed E-state index contributed by atoms with van der Waals surface area (Å²) in [5.41, 5.74) is 7.04. The van der Waals surface area contributed by atoms with Crippen LogP contribution in [0.2, 0.25) is 0 Å². The highest BCUT2D eigenvalue weighted by Gasteiger charge is 2.28. The van der Waals surface area contributed by atoms with Gasteiger partial charge in [-0.1, -0.05) is 35.9 Å². The van der Waals surface area contributed by atoms with Gasteiger partial charge < -0.3 is 24.2 Å². The molecule has 1 aliphatic carbocycles. The van der Waals surface area contributed by atoms with Crippen LogP contribution < -0.4 is 19.9 Å². The van der Waals surface area contributed by atoms with Crippen LogP contribution in [0.4, 0.5) is 11.4 Å². The monoisotopic (exact) mass is 700 g/mol. The first kappa shape index (κ1) is 36.5. The van der Waals surface area contributed by atoms with Gasteiger partial charge in [-0.3, -0.25) is 14.6 Å². The Labute approximate surface area is 306 Å². The van der Waals surface area contributed by atoms with Gasteiger partial charge in [-0.05, 0) is 88.9 Å². The van der Waals surface area contributed by atoms with E-state index in [4.69, 9.17) is 4.42 Å². The number of benzene rings is 4. The maximum absolute atomic E-state index is 14.3. The smallest absolute Gasteiger partial charge is 0.254 e. The van der Waals surface area contributed by atoms with Crippen molar-refractivity contribution < 1.29 is 24.0 Å². The van der Waals surface area contributed by atoms with Crippen LogP contribution in [-0.4, -0.2) is 79.9 Å². The van der Waals surface area contributed by atoms with Crippen molar-refractivity contribution in [2.24, 2.45) is 4.99 Å². The van der Waals surface area contributed by atoms with Gasteiger partial charge >= 0.3 is 0 Å². The van der Waals surface area contributed by atoms with E-state index in [1.165, 1.54) is 10.6 Å². The van der Waals surface area contributed by atoms with Crippen LogP contribution in [0, 0.1) is 6.92 Å². The van der Waals surface area contributed by atoms with E-state index in [9.17, 15) is 14.7 Å². The minimum atomic E-state index is -0.314. The molecule has 2 amide bonds. The zero-order valence-electron chi connectivity index (χ0n) is 31.1. The number of hydrogen-bond donors (Lipinski definition) is 1. The first-order chi connectivity index (χ1) is 25.2. The first-order valence-corrected chi connectivity index (χ1v) is 18.7. The molecule has 3 aliphatic rings. The number of aliphatic imine (C=N–C) groups is 1. The molecule has 0 saturated carbocycles. The predicted molar refractivity (Wildman–Crippen MR) is 206 cm³/mol. The highest BCUT2D eigenvalue weighted by atomic mass is 16.3. The summed E-state index contributed by atoms with van der Waals surface area (Å²) in [5, 5.41) is 14.5. The summed E-state index contributed by atoms with van der Waals surface area (Å²) in [6.07, 6.45) is 0.149. The summed E-state index contributed by atoms with van der Waals surface area (Å²) in [6, 6.07) is 28.1. The Hall–Kier alpha value is -5.28. The Morgan fingerprint density at radius 1 is 0.808 bits per heavy atom. The Morgan fingerprint density at radius 2 is 1.50 bits per heavy atom. The van der Waals surface area contributed by atoms with Crippen molar-refractivity contribution in [2.75, 3.05) is 52.4 Å². The van der Waals surface area contributed by atoms with Crippen LogP contribution >= 0.6 is 0 Å². The molecule has 0 bridgehead atoms. The topological polar surface area (TPSA) is 96.6 Å². The minimum Gasteiger partial charge on any atom is -0.862 e. The van der Waals surface area contributed by atoms with Crippen molar-refractivity contribution in [3.05, 3.63) is 101 Å².